The van der Waals surface area contributed by atoms with E-state index >= 15 is 0 Å². The molecule has 1 aliphatic heterocycles. The molecule has 20 heavy (non-hydrogen) atoms. The minimum Gasteiger partial charge on any atom is -0.368 e. The lowest BCUT2D eigenvalue weighted by Crippen LogP contribution is -2.50. The normalized spacial score (nSPS) is 15.8. The Morgan fingerprint density at radius 2 is 1.70 bits per heavy atom. The largest absolute Gasteiger partial charge is 0.368 e. The molecule has 1 fully saturated rings. The summed E-state index contributed by atoms with van der Waals surface area (Å²) in [5, 5.41) is 0. The van der Waals surface area contributed by atoms with Gasteiger partial charge in [0, 0.05) is 31.9 Å². The molecule has 0 unspecified atom stereocenters. The van der Waals surface area contributed by atoms with Gasteiger partial charge in [0.2, 0.25) is 5.91 Å². The molecule has 4 heteroatoms. The summed E-state index contributed by atoms with van der Waals surface area (Å²) in [6.07, 6.45) is 1.08. The van der Waals surface area contributed by atoms with Crippen LogP contribution in [-0.4, -0.2) is 62.5 Å². The van der Waals surface area contributed by atoms with Crippen LogP contribution in [0, 0.1) is 0 Å². The second kappa shape index (κ2) is 6.75. The van der Waals surface area contributed by atoms with Crippen molar-refractivity contribution in [2.45, 2.75) is 13.3 Å². The summed E-state index contributed by atoms with van der Waals surface area (Å²) in [4.78, 5) is 18.3. The Kier molecular flexibility index (Phi) is 5.01. The average Bonchev–Trinajstić information content (AvgIpc) is 2.47. The van der Waals surface area contributed by atoms with Gasteiger partial charge in [-0.25, -0.2) is 0 Å². The third-order valence-corrected chi connectivity index (χ3v) is 3.79. The van der Waals surface area contributed by atoms with Gasteiger partial charge < -0.3 is 14.7 Å². The van der Waals surface area contributed by atoms with Crippen LogP contribution in [0.1, 0.15) is 12.5 Å². The number of piperazine rings is 1. The smallest absolute Gasteiger partial charge is 0.236 e. The molecule has 0 N–H and O–H groups in total. The van der Waals surface area contributed by atoms with E-state index in [0.717, 1.165) is 32.6 Å². The van der Waals surface area contributed by atoms with Crippen LogP contribution in [0.15, 0.2) is 24.3 Å². The number of anilines is 1. The molecule has 0 aliphatic carbocycles. The minimum atomic E-state index is 0.232. The van der Waals surface area contributed by atoms with Gasteiger partial charge in [-0.1, -0.05) is 19.1 Å². The lowest BCUT2D eigenvalue weighted by atomic mass is 10.1. The molecule has 0 bridgehead atoms. The van der Waals surface area contributed by atoms with Crippen molar-refractivity contribution in [1.29, 1.82) is 0 Å². The van der Waals surface area contributed by atoms with Gasteiger partial charge in [-0.15, -0.1) is 0 Å². The Balaban J connectivity index is 1.88. The van der Waals surface area contributed by atoms with E-state index in [1.54, 1.807) is 0 Å². The van der Waals surface area contributed by atoms with Gasteiger partial charge >= 0.3 is 0 Å². The number of hydrogen-bond acceptors (Lipinski definition) is 3. The standard InChI is InChI=1S/C16H25N3O/c1-4-14-5-7-15(8-6-14)18-9-11-19(12-10-18)16(20)13-17(2)3/h5-8H,4,9-13H2,1-3H3. The van der Waals surface area contributed by atoms with E-state index in [4.69, 9.17) is 0 Å². The number of aryl methyl sites for hydroxylation is 1. The van der Waals surface area contributed by atoms with E-state index in [9.17, 15) is 4.79 Å². The van der Waals surface area contributed by atoms with Crippen LogP contribution in [-0.2, 0) is 11.2 Å². The van der Waals surface area contributed by atoms with Crippen molar-refractivity contribution < 1.29 is 4.79 Å². The molecule has 1 aromatic carbocycles. The molecule has 2 rings (SSSR count). The number of nitrogens with zero attached hydrogens (tertiary/aromatic N) is 3. The van der Waals surface area contributed by atoms with Gasteiger partial charge in [0.05, 0.1) is 6.54 Å². The zero-order valence-electron chi connectivity index (χ0n) is 12.8. The van der Waals surface area contributed by atoms with Crippen molar-refractivity contribution >= 4 is 11.6 Å². The lowest BCUT2D eigenvalue weighted by molar-refractivity contribution is -0.132. The highest BCUT2D eigenvalue weighted by molar-refractivity contribution is 5.78. The number of hydrogen-bond donors (Lipinski definition) is 0. The molecule has 4 nitrogen and oxygen atoms in total. The first-order valence-corrected chi connectivity index (χ1v) is 7.36. The third kappa shape index (κ3) is 3.73. The second-order valence-electron chi connectivity index (χ2n) is 5.63. The van der Waals surface area contributed by atoms with Crippen LogP contribution in [0.2, 0.25) is 0 Å². The molecule has 110 valence electrons. The lowest BCUT2D eigenvalue weighted by Gasteiger charge is -2.36. The van der Waals surface area contributed by atoms with Crippen molar-refractivity contribution in [2.24, 2.45) is 0 Å². The van der Waals surface area contributed by atoms with E-state index in [1.165, 1.54) is 11.3 Å². The van der Waals surface area contributed by atoms with Crippen LogP contribution in [0.5, 0.6) is 0 Å². The minimum absolute atomic E-state index is 0.232. The number of benzene rings is 1. The van der Waals surface area contributed by atoms with Crippen LogP contribution >= 0.6 is 0 Å². The second-order valence-corrected chi connectivity index (χ2v) is 5.63. The first-order chi connectivity index (χ1) is 9.60. The summed E-state index contributed by atoms with van der Waals surface area (Å²) >= 11 is 0. The molecule has 1 aliphatic rings. The predicted octanol–water partition coefficient (Wildman–Crippen LogP) is 1.46. The highest BCUT2D eigenvalue weighted by Crippen LogP contribution is 2.17. The maximum absolute atomic E-state index is 12.0. The molecular formula is C16H25N3O. The monoisotopic (exact) mass is 275 g/mol. The number of carbonyl (C=O) groups excluding carboxylic acids is 1. The predicted molar refractivity (Wildman–Crippen MR) is 83.2 cm³/mol. The van der Waals surface area contributed by atoms with E-state index < -0.39 is 0 Å². The summed E-state index contributed by atoms with van der Waals surface area (Å²) in [5.74, 6) is 0.232. The van der Waals surface area contributed by atoms with Gasteiger partial charge in [-0.2, -0.15) is 0 Å². The van der Waals surface area contributed by atoms with E-state index in [2.05, 4.69) is 36.1 Å². The van der Waals surface area contributed by atoms with Crippen molar-refractivity contribution in [2.75, 3.05) is 51.7 Å². The van der Waals surface area contributed by atoms with Crippen molar-refractivity contribution in [3.05, 3.63) is 29.8 Å². The molecule has 1 saturated heterocycles. The van der Waals surface area contributed by atoms with Gasteiger partial charge in [-0.05, 0) is 38.2 Å². The maximum Gasteiger partial charge on any atom is 0.236 e. The topological polar surface area (TPSA) is 26.8 Å². The molecule has 0 aromatic heterocycles. The van der Waals surface area contributed by atoms with Gasteiger partial charge in [0.1, 0.15) is 0 Å². The molecule has 0 saturated carbocycles. The molecule has 1 amide bonds. The fourth-order valence-electron chi connectivity index (χ4n) is 2.53. The molecule has 0 spiro atoms. The number of carbonyl (C=O) groups is 1. The highest BCUT2D eigenvalue weighted by Gasteiger charge is 2.21. The Hall–Kier alpha value is -1.55. The summed E-state index contributed by atoms with van der Waals surface area (Å²) in [5.41, 5.74) is 2.63. The first kappa shape index (κ1) is 14.9. The summed E-state index contributed by atoms with van der Waals surface area (Å²) in [7, 11) is 3.87. The van der Waals surface area contributed by atoms with E-state index in [-0.39, 0.29) is 5.91 Å². The Morgan fingerprint density at radius 1 is 1.10 bits per heavy atom. The molecule has 0 atom stereocenters. The molecular weight excluding hydrogens is 250 g/mol. The summed E-state index contributed by atoms with van der Waals surface area (Å²) < 4.78 is 0. The maximum atomic E-state index is 12.0. The number of amides is 1. The quantitative estimate of drug-likeness (QED) is 0.832. The average molecular weight is 275 g/mol. The van der Waals surface area contributed by atoms with Crippen LogP contribution in [0.25, 0.3) is 0 Å². The van der Waals surface area contributed by atoms with Crippen molar-refractivity contribution in [1.82, 2.24) is 9.80 Å². The number of rotatable bonds is 4. The Bertz CT molecular complexity index is 434. The van der Waals surface area contributed by atoms with Gasteiger partial charge in [-0.3, -0.25) is 4.79 Å². The van der Waals surface area contributed by atoms with E-state index in [1.807, 2.05) is 23.9 Å². The molecule has 0 radical (unpaired) electrons. The molecule has 1 heterocycles. The van der Waals surface area contributed by atoms with E-state index in [0.29, 0.717) is 6.54 Å². The van der Waals surface area contributed by atoms with Crippen molar-refractivity contribution in [3.8, 4) is 0 Å². The first-order valence-electron chi connectivity index (χ1n) is 7.36. The number of likely N-dealkylation sites (N-methyl/N-ethyl adjacent to an activating group) is 1. The van der Waals surface area contributed by atoms with Crippen molar-refractivity contribution in [3.63, 3.8) is 0 Å². The fourth-order valence-corrected chi connectivity index (χ4v) is 2.53. The SMILES string of the molecule is CCc1ccc(N2CCN(C(=O)CN(C)C)CC2)cc1. The Labute approximate surface area is 122 Å². The highest BCUT2D eigenvalue weighted by atomic mass is 16.2. The summed E-state index contributed by atoms with van der Waals surface area (Å²) in [6.45, 7) is 6.16. The third-order valence-electron chi connectivity index (χ3n) is 3.79. The molecule has 1 aromatic rings. The van der Waals surface area contributed by atoms with Crippen LogP contribution < -0.4 is 4.90 Å². The van der Waals surface area contributed by atoms with Crippen LogP contribution in [0.4, 0.5) is 5.69 Å². The van der Waals surface area contributed by atoms with Gasteiger partial charge in [0.15, 0.2) is 0 Å². The zero-order valence-corrected chi connectivity index (χ0v) is 12.8. The summed E-state index contributed by atoms with van der Waals surface area (Å²) in [6, 6.07) is 8.77. The zero-order chi connectivity index (χ0) is 14.5. The fraction of sp³-hybridized carbons (Fsp3) is 0.562. The van der Waals surface area contributed by atoms with Crippen LogP contribution in [0.3, 0.4) is 0 Å². The Morgan fingerprint density at radius 3 is 2.20 bits per heavy atom. The van der Waals surface area contributed by atoms with Gasteiger partial charge in [0.25, 0.3) is 0 Å².